The fourth-order valence-corrected chi connectivity index (χ4v) is 6.91. The van der Waals surface area contributed by atoms with Crippen LogP contribution in [-0.4, -0.2) is 17.7 Å². The van der Waals surface area contributed by atoms with Crippen molar-refractivity contribution in [2.24, 2.45) is 34.5 Å². The summed E-state index contributed by atoms with van der Waals surface area (Å²) in [6.07, 6.45) is 5.93. The summed E-state index contributed by atoms with van der Waals surface area (Å²) < 4.78 is 14.1. The summed E-state index contributed by atoms with van der Waals surface area (Å²) in [6, 6.07) is 0. The van der Waals surface area contributed by atoms with Crippen LogP contribution in [0.25, 0.3) is 0 Å². The van der Waals surface area contributed by atoms with E-state index in [-0.39, 0.29) is 23.0 Å². The molecule has 4 fully saturated rings. The molecule has 0 N–H and O–H groups in total. The predicted molar refractivity (Wildman–Crippen MR) is 82.0 cm³/mol. The summed E-state index contributed by atoms with van der Waals surface area (Å²) in [5.74, 6) is 1.74. The molecule has 4 aliphatic carbocycles. The third kappa shape index (κ3) is 1.71. The summed E-state index contributed by atoms with van der Waals surface area (Å²) >= 11 is 0. The molecule has 4 rings (SSSR count). The first-order valence-electron chi connectivity index (χ1n) is 9.09. The third-order valence-corrected chi connectivity index (χ3v) is 8.09. The van der Waals surface area contributed by atoms with Crippen molar-refractivity contribution in [2.75, 3.05) is 0 Å². The highest BCUT2D eigenvalue weighted by Gasteiger charge is 2.63. The number of fused-ring (bicyclic) bond motifs is 5. The molecule has 7 atom stereocenters. The molecule has 0 bridgehead atoms. The lowest BCUT2D eigenvalue weighted by Crippen LogP contribution is -2.54. The second-order valence-corrected chi connectivity index (χ2v) is 8.86. The van der Waals surface area contributed by atoms with Crippen LogP contribution in [0, 0.1) is 34.5 Å². The summed E-state index contributed by atoms with van der Waals surface area (Å²) in [6.45, 7) is 4.33. The van der Waals surface area contributed by atoms with E-state index in [1.165, 1.54) is 0 Å². The highest BCUT2D eigenvalue weighted by molar-refractivity contribution is 5.91. The number of halogens is 1. The third-order valence-electron chi connectivity index (χ3n) is 8.09. The minimum absolute atomic E-state index is 0.108. The van der Waals surface area contributed by atoms with Crippen LogP contribution in [0.15, 0.2) is 0 Å². The molecular weight excluding hydrogens is 279 g/mol. The molecule has 0 heterocycles. The van der Waals surface area contributed by atoms with Crippen molar-refractivity contribution in [3.8, 4) is 0 Å². The fraction of sp³-hybridized carbons (Fsp3) is 0.895. The minimum atomic E-state index is -1.24. The van der Waals surface area contributed by atoms with Crippen molar-refractivity contribution < 1.29 is 14.0 Å². The molecule has 4 saturated carbocycles. The van der Waals surface area contributed by atoms with Crippen molar-refractivity contribution in [1.29, 1.82) is 0 Å². The van der Waals surface area contributed by atoms with E-state index in [9.17, 15) is 14.0 Å². The van der Waals surface area contributed by atoms with Gasteiger partial charge in [0, 0.05) is 17.8 Å². The number of rotatable bonds is 0. The Morgan fingerprint density at radius 1 is 1.05 bits per heavy atom. The maximum Gasteiger partial charge on any atom is 0.173 e. The maximum absolute atomic E-state index is 14.1. The van der Waals surface area contributed by atoms with E-state index >= 15 is 0 Å². The van der Waals surface area contributed by atoms with Crippen molar-refractivity contribution in [1.82, 2.24) is 0 Å². The van der Waals surface area contributed by atoms with Crippen molar-refractivity contribution >= 4 is 11.6 Å². The largest absolute Gasteiger partial charge is 0.299 e. The molecule has 4 aliphatic rings. The zero-order chi connectivity index (χ0) is 15.7. The van der Waals surface area contributed by atoms with Crippen molar-refractivity contribution in [2.45, 2.75) is 71.4 Å². The lowest BCUT2D eigenvalue weighted by molar-refractivity contribution is -0.151. The Morgan fingerprint density at radius 2 is 1.82 bits per heavy atom. The number of carbonyl (C=O) groups is 2. The Hall–Kier alpha value is -0.730. The molecule has 2 unspecified atom stereocenters. The van der Waals surface area contributed by atoms with Gasteiger partial charge in [0.25, 0.3) is 0 Å². The first-order valence-corrected chi connectivity index (χ1v) is 9.09. The Labute approximate surface area is 132 Å². The van der Waals surface area contributed by atoms with Gasteiger partial charge in [-0.3, -0.25) is 9.59 Å². The van der Waals surface area contributed by atoms with Gasteiger partial charge in [0.2, 0.25) is 0 Å². The summed E-state index contributed by atoms with van der Waals surface area (Å²) in [7, 11) is 0. The Kier molecular flexibility index (Phi) is 3.13. The Balaban J connectivity index is 1.68. The average Bonchev–Trinajstić information content (AvgIpc) is 2.71. The lowest BCUT2D eigenvalue weighted by Gasteiger charge is -2.58. The second-order valence-electron chi connectivity index (χ2n) is 8.86. The first-order chi connectivity index (χ1) is 10.4. The molecule has 22 heavy (non-hydrogen) atoms. The number of hydrogen-bond acceptors (Lipinski definition) is 2. The van der Waals surface area contributed by atoms with Crippen molar-refractivity contribution in [3.05, 3.63) is 0 Å². The predicted octanol–water partition coefficient (Wildman–Crippen LogP) is 4.12. The number of ketones is 2. The van der Waals surface area contributed by atoms with Gasteiger partial charge in [-0.15, -0.1) is 0 Å². The van der Waals surface area contributed by atoms with E-state index in [0.29, 0.717) is 24.0 Å². The average molecular weight is 306 g/mol. The number of carbonyl (C=O) groups excluding carboxylic acids is 2. The van der Waals surface area contributed by atoms with Gasteiger partial charge in [-0.25, -0.2) is 4.39 Å². The molecule has 0 aliphatic heterocycles. The second kappa shape index (κ2) is 4.64. The van der Waals surface area contributed by atoms with E-state index in [0.717, 1.165) is 44.9 Å². The van der Waals surface area contributed by atoms with Gasteiger partial charge >= 0.3 is 0 Å². The van der Waals surface area contributed by atoms with Gasteiger partial charge in [-0.05, 0) is 68.1 Å². The maximum atomic E-state index is 14.1. The topological polar surface area (TPSA) is 34.1 Å². The monoisotopic (exact) mass is 306 g/mol. The van der Waals surface area contributed by atoms with Gasteiger partial charge in [-0.1, -0.05) is 13.8 Å². The fourth-order valence-electron chi connectivity index (χ4n) is 6.91. The Bertz CT molecular complexity index is 530. The zero-order valence-corrected chi connectivity index (χ0v) is 13.7. The van der Waals surface area contributed by atoms with E-state index in [2.05, 4.69) is 6.92 Å². The summed E-state index contributed by atoms with van der Waals surface area (Å²) in [5.41, 5.74) is -0.320. The van der Waals surface area contributed by atoms with Crippen LogP contribution in [0.4, 0.5) is 4.39 Å². The molecule has 0 spiro atoms. The quantitative estimate of drug-likeness (QED) is 0.675. The van der Waals surface area contributed by atoms with Gasteiger partial charge in [-0.2, -0.15) is 0 Å². The molecule has 0 aromatic rings. The van der Waals surface area contributed by atoms with Crippen LogP contribution in [0.2, 0.25) is 0 Å². The van der Waals surface area contributed by atoms with E-state index in [1.807, 2.05) is 6.92 Å². The zero-order valence-electron chi connectivity index (χ0n) is 13.7. The first kappa shape index (κ1) is 14.8. The lowest BCUT2D eigenvalue weighted by atomic mass is 9.45. The molecule has 0 saturated heterocycles. The van der Waals surface area contributed by atoms with E-state index in [1.54, 1.807) is 0 Å². The number of hydrogen-bond donors (Lipinski definition) is 0. The summed E-state index contributed by atoms with van der Waals surface area (Å²) in [5, 5.41) is 0. The van der Waals surface area contributed by atoms with Crippen LogP contribution in [0.3, 0.4) is 0 Å². The molecule has 0 aromatic heterocycles. The van der Waals surface area contributed by atoms with Crippen molar-refractivity contribution in [3.63, 3.8) is 0 Å². The van der Waals surface area contributed by atoms with Crippen LogP contribution in [0.5, 0.6) is 0 Å². The van der Waals surface area contributed by atoms with Gasteiger partial charge in [0.15, 0.2) is 12.0 Å². The standard InChI is InChI=1S/C19H27FO2/c1-18-8-3-4-16(21)13(18)6-5-11-12(18)7-9-19(2)14(11)10-15(20)17(19)22/h11-15H,3-10H2,1-2H3/t11-,12-,13?,14+,15?,18-,19+/m1/s1. The highest BCUT2D eigenvalue weighted by Crippen LogP contribution is 2.65. The highest BCUT2D eigenvalue weighted by atomic mass is 19.1. The molecule has 0 aromatic carbocycles. The smallest absolute Gasteiger partial charge is 0.173 e. The number of Topliss-reactive ketones (excluding diaryl/α,β-unsaturated/α-hetero) is 2. The Morgan fingerprint density at radius 3 is 2.59 bits per heavy atom. The molecule has 122 valence electrons. The molecule has 0 amide bonds. The molecule has 2 nitrogen and oxygen atoms in total. The van der Waals surface area contributed by atoms with Crippen LogP contribution < -0.4 is 0 Å². The van der Waals surface area contributed by atoms with E-state index < -0.39 is 11.6 Å². The van der Waals surface area contributed by atoms with Gasteiger partial charge in [0.05, 0.1) is 0 Å². The van der Waals surface area contributed by atoms with Gasteiger partial charge < -0.3 is 0 Å². The van der Waals surface area contributed by atoms with Crippen LogP contribution in [0.1, 0.15) is 65.2 Å². The molecule has 3 heteroatoms. The van der Waals surface area contributed by atoms with Gasteiger partial charge in [0.1, 0.15) is 5.78 Å². The molecule has 0 radical (unpaired) electrons. The number of alkyl halides is 1. The normalized spacial score (nSPS) is 54.6. The SMILES string of the molecule is C[C@]12CCCC(=O)C1CC[C@@H]1[C@H]2CC[C@]2(C)C(=O)C(F)C[C@@H]12. The minimum Gasteiger partial charge on any atom is -0.299 e. The molecular formula is C19H27FO2. The van der Waals surface area contributed by atoms with Crippen LogP contribution >= 0.6 is 0 Å². The summed E-state index contributed by atoms with van der Waals surface area (Å²) in [4.78, 5) is 24.7. The van der Waals surface area contributed by atoms with Crippen LogP contribution in [-0.2, 0) is 9.59 Å². The van der Waals surface area contributed by atoms with E-state index in [4.69, 9.17) is 0 Å².